The zero-order valence-electron chi connectivity index (χ0n) is 72.2. The van der Waals surface area contributed by atoms with Crippen LogP contribution in [0.4, 0.5) is 0 Å². The molecule has 19 atom stereocenters. The fourth-order valence-corrected chi connectivity index (χ4v) is 15.7. The van der Waals surface area contributed by atoms with Gasteiger partial charge < -0.3 is 85.3 Å². The molecular formula is C87H90BCl2N15O28. The zero-order chi connectivity index (χ0) is 93.8. The number of nitrogens with zero attached hydrogens (tertiary/aromatic N) is 15. The largest absolute Gasteiger partial charge is 0.463 e. The molecule has 0 bridgehead atoms. The maximum Gasteiger partial charge on any atom is 0.338 e. The fourth-order valence-electron chi connectivity index (χ4n) is 15.1. The summed E-state index contributed by atoms with van der Waals surface area (Å²) in [6, 6.07) is 40.2. The molecule has 5 aromatic carbocycles. The van der Waals surface area contributed by atoms with Crippen LogP contribution in [0.25, 0.3) is 0 Å². The summed E-state index contributed by atoms with van der Waals surface area (Å²) in [5, 5.41) is 41.7. The Bertz CT molecular complexity index is 5640. The monoisotopic (exact) mass is 1870 g/mol. The van der Waals surface area contributed by atoms with Crippen LogP contribution >= 0.6 is 23.2 Å². The minimum atomic E-state index is -2.35. The normalized spacial score (nSPS) is 25.0. The number of hydrogen-bond donors (Lipinski definition) is 0. The number of alkyl halides is 2. The van der Waals surface area contributed by atoms with E-state index in [4.69, 9.17) is 116 Å². The first-order valence-corrected chi connectivity index (χ1v) is 42.8. The van der Waals surface area contributed by atoms with E-state index in [0.29, 0.717) is 11.4 Å². The topological polar surface area (TPSA) is 490 Å². The van der Waals surface area contributed by atoms with Gasteiger partial charge in [-0.3, -0.25) is 33.3 Å². The lowest BCUT2D eigenvalue weighted by Crippen LogP contribution is -2.63. The molecule has 0 saturated carbocycles. The molecule has 2 unspecified atom stereocenters. The smallest absolute Gasteiger partial charge is 0.338 e. The van der Waals surface area contributed by atoms with E-state index in [1.807, 2.05) is 0 Å². The van der Waals surface area contributed by atoms with Gasteiger partial charge in [-0.05, 0) is 74.0 Å². The zero-order valence-corrected chi connectivity index (χ0v) is 73.7. The van der Waals surface area contributed by atoms with Gasteiger partial charge in [0.1, 0.15) is 59.2 Å². The van der Waals surface area contributed by atoms with Crippen molar-refractivity contribution in [2.75, 3.05) is 12.5 Å². The molecule has 133 heavy (non-hydrogen) atoms. The number of benzene rings is 5. The highest BCUT2D eigenvalue weighted by Crippen LogP contribution is 2.44. The molecule has 0 spiro atoms. The third-order valence-corrected chi connectivity index (χ3v) is 21.9. The van der Waals surface area contributed by atoms with Gasteiger partial charge in [0.15, 0.2) is 61.3 Å². The molecule has 0 N–H and O–H groups in total. The molecule has 0 amide bonds. The Morgan fingerprint density at radius 2 is 0.820 bits per heavy atom. The second kappa shape index (κ2) is 44.8. The highest BCUT2D eigenvalue weighted by molar-refractivity contribution is 6.21. The minimum Gasteiger partial charge on any atom is -0.463 e. The molecular weight excluding hydrogens is 1780 g/mol. The summed E-state index contributed by atoms with van der Waals surface area (Å²) in [5.74, 6) is -12.3. The predicted molar refractivity (Wildman–Crippen MR) is 449 cm³/mol. The third-order valence-electron chi connectivity index (χ3n) is 21.0. The lowest BCUT2D eigenvalue weighted by molar-refractivity contribution is -0.359. The number of aromatic nitrogens is 15. The van der Waals surface area contributed by atoms with Gasteiger partial charge in [-0.1, -0.05) is 123 Å². The van der Waals surface area contributed by atoms with Crippen molar-refractivity contribution in [3.8, 4) is 0 Å². The molecule has 698 valence electrons. The molecule has 0 aliphatic carbocycles. The molecule has 4 fully saturated rings. The Morgan fingerprint density at radius 1 is 0.406 bits per heavy atom. The Balaban J connectivity index is 0.685. The summed E-state index contributed by atoms with van der Waals surface area (Å²) >= 11 is 13.5. The van der Waals surface area contributed by atoms with Crippen LogP contribution < -0.4 is 0 Å². The standard InChI is InChI=1S/C87H90BCl2N15O28/c1-49-36-103(96-91-49)41-65-70(127-80(112)56-24-14-8-15-25-56)69(126-79(111)55-22-12-7-13-23-55)64(32-33-88)84(124-65)118-45-61-37-101(97-93-61)34-35-102-38-62(94-98-102)46-119-85-76(130-83(115)59-30-20-11-21-31-59)73(128-81(113)57-26-16-9-17-27-57)74(129-82(114)58-28-18-10-19-29-58)78(131-85)105-40-63(95-100-105)44-116-43-60-39-104(99-92-60)42-66-71(120-51(3)107)77(123-54(6)110)87(48-89,132-66)133-86-75(122-53(5)109)72(121-52(4)108)68(90)67(125-86)47-117-50(2)106/h7-31,36-40,64-78,84-86H,32-35,41-48H2,1-6H3/t64-,65+,66?,67+,68-,69+,70+,71+,72-,73-,74-,75-,76-,77-,78?,84+,85+,86+,87-/m0/s1. The molecule has 14 rings (SSSR count). The van der Waals surface area contributed by atoms with Crippen molar-refractivity contribution in [3.63, 3.8) is 0 Å². The lowest BCUT2D eigenvalue weighted by Gasteiger charge is -2.45. The average Bonchev–Trinajstić information content (AvgIpc) is 1.63. The van der Waals surface area contributed by atoms with Crippen LogP contribution in [0.2, 0.25) is 6.32 Å². The van der Waals surface area contributed by atoms with Crippen molar-refractivity contribution in [2.24, 2.45) is 5.92 Å². The van der Waals surface area contributed by atoms with E-state index in [0.717, 1.165) is 39.3 Å². The molecule has 4 aliphatic rings. The van der Waals surface area contributed by atoms with Crippen LogP contribution in [0.3, 0.4) is 0 Å². The van der Waals surface area contributed by atoms with E-state index in [9.17, 15) is 47.9 Å². The first-order chi connectivity index (χ1) is 64.2. The van der Waals surface area contributed by atoms with Gasteiger partial charge in [-0.25, -0.2) is 38.0 Å². The minimum absolute atomic E-state index is 0.00623. The van der Waals surface area contributed by atoms with Crippen molar-refractivity contribution in [1.82, 2.24) is 75.0 Å². The van der Waals surface area contributed by atoms with Crippen molar-refractivity contribution in [1.29, 1.82) is 0 Å². The Morgan fingerprint density at radius 3 is 1.32 bits per heavy atom. The molecule has 43 nitrogen and oxygen atoms in total. The van der Waals surface area contributed by atoms with E-state index in [2.05, 4.69) is 51.6 Å². The number of rotatable bonds is 39. The van der Waals surface area contributed by atoms with Crippen LogP contribution in [-0.4, -0.2) is 258 Å². The van der Waals surface area contributed by atoms with Crippen molar-refractivity contribution in [3.05, 3.63) is 239 Å². The number of halogens is 2. The number of carbonyl (C=O) groups is 10. The van der Waals surface area contributed by atoms with E-state index in [1.54, 1.807) is 141 Å². The molecule has 9 heterocycles. The van der Waals surface area contributed by atoms with Gasteiger partial charge in [0.25, 0.3) is 0 Å². The van der Waals surface area contributed by atoms with Crippen LogP contribution in [-0.2, 0) is 162 Å². The average molecular weight is 1880 g/mol. The number of hydrogen-bond acceptors (Lipinski definition) is 38. The number of carbonyl (C=O) groups excluding carboxylic acids is 10. The van der Waals surface area contributed by atoms with Gasteiger partial charge in [0, 0.05) is 40.8 Å². The van der Waals surface area contributed by atoms with E-state index in [-0.39, 0.29) is 104 Å². The highest BCUT2D eigenvalue weighted by Gasteiger charge is 2.64. The molecule has 10 aromatic rings. The molecule has 5 aromatic heterocycles. The SMILES string of the molecule is [B]CC[C@@H]1[C@H](OCc2cn(CCn3cc(CO[C@@H]4OC(n5cc(COCc6cn(CC7O[C@@](CCl)(O[C@H]8O[C@H](COC(C)=O)[C@H](Cl)[C@H](OC(C)=O)[C@@H]8OC(C)=O)[C@@H](OC(C)=O)[C@@H]7OC(C)=O)nn6)nn5)[C@@H](OC(=O)c5ccccc5)[C@H](OC(=O)c5ccccc5)[C@@H]4OC(=O)c4ccccc4)nn3)nn2)O[C@H](Cn2cc(C)nn2)[C@@H](OC(=O)c2ccccc2)[C@@H]1OC(=O)c1ccccc1. The van der Waals surface area contributed by atoms with E-state index < -0.39 is 194 Å². The van der Waals surface area contributed by atoms with Crippen LogP contribution in [0.5, 0.6) is 0 Å². The molecule has 4 saturated heterocycles. The Hall–Kier alpha value is -13.2. The quantitative estimate of drug-likeness (QED) is 0.0182. The maximum absolute atomic E-state index is 14.6. The summed E-state index contributed by atoms with van der Waals surface area (Å²) in [6.45, 7) is 5.44. The van der Waals surface area contributed by atoms with Crippen molar-refractivity contribution in [2.45, 2.75) is 216 Å². The Labute approximate surface area is 768 Å². The van der Waals surface area contributed by atoms with E-state index >= 15 is 0 Å². The van der Waals surface area contributed by atoms with Crippen molar-refractivity contribution < 1.29 is 133 Å². The summed E-state index contributed by atoms with van der Waals surface area (Å²) in [6.07, 6.45) is -16.2. The van der Waals surface area contributed by atoms with Gasteiger partial charge in [0.05, 0.1) is 131 Å². The number of esters is 10. The maximum atomic E-state index is 14.6. The van der Waals surface area contributed by atoms with Crippen LogP contribution in [0.15, 0.2) is 183 Å². The van der Waals surface area contributed by atoms with E-state index in [1.165, 1.54) is 67.5 Å². The molecule has 4 aliphatic heterocycles. The van der Waals surface area contributed by atoms with Crippen LogP contribution in [0, 0.1) is 12.8 Å². The first-order valence-electron chi connectivity index (χ1n) is 41.8. The second-order valence-electron chi connectivity index (χ2n) is 30.9. The summed E-state index contributed by atoms with van der Waals surface area (Å²) in [5.41, 5.74) is 2.17. The molecule has 2 radical (unpaired) electrons. The summed E-state index contributed by atoms with van der Waals surface area (Å²) in [7, 11) is 6.27. The van der Waals surface area contributed by atoms with Gasteiger partial charge in [-0.15, -0.1) is 48.7 Å². The van der Waals surface area contributed by atoms with Gasteiger partial charge in [-0.2, -0.15) is 0 Å². The third kappa shape index (κ3) is 24.8. The predicted octanol–water partition coefficient (Wildman–Crippen LogP) is 6.08. The Kier molecular flexibility index (Phi) is 32.3. The van der Waals surface area contributed by atoms with Gasteiger partial charge >= 0.3 is 59.7 Å². The second-order valence-corrected chi connectivity index (χ2v) is 31.7. The van der Waals surface area contributed by atoms with Gasteiger partial charge in [0.2, 0.25) is 18.4 Å². The number of aryl methyl sites for hydroxylation is 3. The lowest BCUT2D eigenvalue weighted by atomic mass is 9.83. The molecule has 46 heteroatoms. The summed E-state index contributed by atoms with van der Waals surface area (Å²) < 4.78 is 118. The first kappa shape index (κ1) is 95.9. The fraction of sp³-hybridized carbons (Fsp3) is 0.425. The number of ether oxygens (including phenoxy) is 18. The highest BCUT2D eigenvalue weighted by atomic mass is 35.5. The van der Waals surface area contributed by atoms with Crippen molar-refractivity contribution >= 4 is 90.7 Å². The summed E-state index contributed by atoms with van der Waals surface area (Å²) in [4.78, 5) is 135. The van der Waals surface area contributed by atoms with Crippen LogP contribution in [0.1, 0.15) is 128 Å².